The van der Waals surface area contributed by atoms with E-state index < -0.39 is 6.04 Å². The van der Waals surface area contributed by atoms with Gasteiger partial charge in [-0.3, -0.25) is 9.59 Å². The van der Waals surface area contributed by atoms with Crippen molar-refractivity contribution in [1.82, 2.24) is 10.2 Å². The standard InChI is InChI=1S/C15H20N2O2/c1-10(2)12-4-6-13(7-5-12)15(19)17-9-8-16-14(18)11(17)3/h4-7,10-11H,8-9H2,1-3H3,(H,16,18). The highest BCUT2D eigenvalue weighted by atomic mass is 16.2. The number of nitrogens with zero attached hydrogens (tertiary/aromatic N) is 1. The number of carbonyl (C=O) groups excluding carboxylic acids is 2. The van der Waals surface area contributed by atoms with Crippen molar-refractivity contribution in [1.29, 1.82) is 0 Å². The molecular weight excluding hydrogens is 240 g/mol. The van der Waals surface area contributed by atoms with Crippen LogP contribution in [-0.2, 0) is 4.79 Å². The summed E-state index contributed by atoms with van der Waals surface area (Å²) in [5.74, 6) is 0.292. The zero-order valence-electron chi connectivity index (χ0n) is 11.6. The molecule has 1 aromatic rings. The monoisotopic (exact) mass is 260 g/mol. The topological polar surface area (TPSA) is 49.4 Å². The summed E-state index contributed by atoms with van der Waals surface area (Å²) in [5.41, 5.74) is 1.85. The Morgan fingerprint density at radius 2 is 1.95 bits per heavy atom. The van der Waals surface area contributed by atoms with Gasteiger partial charge in [0.15, 0.2) is 0 Å². The van der Waals surface area contributed by atoms with Crippen molar-refractivity contribution < 1.29 is 9.59 Å². The molecule has 2 amide bonds. The minimum atomic E-state index is -0.397. The van der Waals surface area contributed by atoms with Crippen LogP contribution < -0.4 is 5.32 Å². The summed E-state index contributed by atoms with van der Waals surface area (Å²) in [4.78, 5) is 25.6. The summed E-state index contributed by atoms with van der Waals surface area (Å²) in [5, 5.41) is 2.76. The molecule has 4 nitrogen and oxygen atoms in total. The van der Waals surface area contributed by atoms with E-state index in [4.69, 9.17) is 0 Å². The maximum Gasteiger partial charge on any atom is 0.254 e. The maximum atomic E-state index is 12.4. The summed E-state index contributed by atoms with van der Waals surface area (Å²) in [7, 11) is 0. The van der Waals surface area contributed by atoms with Crippen LogP contribution in [0.4, 0.5) is 0 Å². The van der Waals surface area contributed by atoms with E-state index in [1.807, 2.05) is 24.3 Å². The molecule has 0 aromatic heterocycles. The minimum Gasteiger partial charge on any atom is -0.353 e. The molecule has 1 N–H and O–H groups in total. The largest absolute Gasteiger partial charge is 0.353 e. The van der Waals surface area contributed by atoms with E-state index in [2.05, 4.69) is 19.2 Å². The molecule has 1 aromatic carbocycles. The third-order valence-corrected chi connectivity index (χ3v) is 3.58. The van der Waals surface area contributed by atoms with Gasteiger partial charge in [-0.15, -0.1) is 0 Å². The molecule has 0 saturated carbocycles. The number of hydrogen-bond donors (Lipinski definition) is 1. The van der Waals surface area contributed by atoms with Crippen molar-refractivity contribution in [2.24, 2.45) is 0 Å². The van der Waals surface area contributed by atoms with Crippen molar-refractivity contribution in [3.8, 4) is 0 Å². The van der Waals surface area contributed by atoms with Crippen molar-refractivity contribution in [2.75, 3.05) is 13.1 Å². The third-order valence-electron chi connectivity index (χ3n) is 3.58. The third kappa shape index (κ3) is 2.78. The first-order valence-corrected chi connectivity index (χ1v) is 6.69. The normalized spacial score (nSPS) is 19.5. The highest BCUT2D eigenvalue weighted by Crippen LogP contribution is 2.17. The summed E-state index contributed by atoms with van der Waals surface area (Å²) in [6.45, 7) is 7.09. The second-order valence-corrected chi connectivity index (χ2v) is 5.24. The summed E-state index contributed by atoms with van der Waals surface area (Å²) in [6.07, 6.45) is 0. The summed E-state index contributed by atoms with van der Waals surface area (Å²) in [6, 6.07) is 7.25. The lowest BCUT2D eigenvalue weighted by Gasteiger charge is -2.32. The summed E-state index contributed by atoms with van der Waals surface area (Å²) >= 11 is 0. The Morgan fingerprint density at radius 1 is 1.32 bits per heavy atom. The predicted molar refractivity (Wildman–Crippen MR) is 74.0 cm³/mol. The minimum absolute atomic E-state index is 0.0716. The van der Waals surface area contributed by atoms with E-state index in [1.165, 1.54) is 5.56 Å². The number of amides is 2. The molecule has 1 atom stereocenters. The Morgan fingerprint density at radius 3 is 2.53 bits per heavy atom. The van der Waals surface area contributed by atoms with Crippen LogP contribution in [0.3, 0.4) is 0 Å². The van der Waals surface area contributed by atoms with E-state index in [1.54, 1.807) is 11.8 Å². The highest BCUT2D eigenvalue weighted by molar-refractivity contribution is 5.98. The lowest BCUT2D eigenvalue weighted by molar-refractivity contribution is -0.127. The molecule has 0 aliphatic carbocycles. The number of hydrogen-bond acceptors (Lipinski definition) is 2. The van der Waals surface area contributed by atoms with Crippen molar-refractivity contribution in [3.63, 3.8) is 0 Å². The van der Waals surface area contributed by atoms with Gasteiger partial charge in [0.2, 0.25) is 5.91 Å². The Bertz CT molecular complexity index is 479. The first-order valence-electron chi connectivity index (χ1n) is 6.69. The van der Waals surface area contributed by atoms with Crippen LogP contribution in [0.25, 0.3) is 0 Å². The number of nitrogens with one attached hydrogen (secondary N) is 1. The molecule has 102 valence electrons. The second kappa shape index (κ2) is 5.43. The average Bonchev–Trinajstić information content (AvgIpc) is 2.41. The van der Waals surface area contributed by atoms with Crippen LogP contribution in [0, 0.1) is 0 Å². The molecule has 1 aliphatic rings. The number of benzene rings is 1. The fourth-order valence-electron chi connectivity index (χ4n) is 2.24. The van der Waals surface area contributed by atoms with Crippen LogP contribution in [0.1, 0.15) is 42.6 Å². The Hall–Kier alpha value is -1.84. The molecule has 2 rings (SSSR count). The van der Waals surface area contributed by atoms with Crippen LogP contribution in [0.5, 0.6) is 0 Å². The van der Waals surface area contributed by atoms with E-state index in [-0.39, 0.29) is 11.8 Å². The predicted octanol–water partition coefficient (Wildman–Crippen LogP) is 1.77. The molecule has 1 heterocycles. The first-order chi connectivity index (χ1) is 9.00. The molecule has 19 heavy (non-hydrogen) atoms. The molecule has 1 aliphatic heterocycles. The van der Waals surface area contributed by atoms with Gasteiger partial charge < -0.3 is 10.2 Å². The number of piperazine rings is 1. The molecule has 0 bridgehead atoms. The van der Waals surface area contributed by atoms with Gasteiger partial charge >= 0.3 is 0 Å². The van der Waals surface area contributed by atoms with Gasteiger partial charge in [0.25, 0.3) is 5.91 Å². The fraction of sp³-hybridized carbons (Fsp3) is 0.467. The average molecular weight is 260 g/mol. The van der Waals surface area contributed by atoms with E-state index in [9.17, 15) is 9.59 Å². The molecule has 1 saturated heterocycles. The summed E-state index contributed by atoms with van der Waals surface area (Å²) < 4.78 is 0. The Labute approximate surface area is 113 Å². The highest BCUT2D eigenvalue weighted by Gasteiger charge is 2.29. The Balaban J connectivity index is 2.17. The van der Waals surface area contributed by atoms with Gasteiger partial charge in [0.1, 0.15) is 6.04 Å². The van der Waals surface area contributed by atoms with Crippen LogP contribution in [-0.4, -0.2) is 35.8 Å². The van der Waals surface area contributed by atoms with Gasteiger partial charge in [-0.1, -0.05) is 26.0 Å². The fourth-order valence-corrected chi connectivity index (χ4v) is 2.24. The van der Waals surface area contributed by atoms with Crippen LogP contribution in [0.2, 0.25) is 0 Å². The smallest absolute Gasteiger partial charge is 0.254 e. The molecule has 1 fully saturated rings. The van der Waals surface area contributed by atoms with Crippen molar-refractivity contribution >= 4 is 11.8 Å². The van der Waals surface area contributed by atoms with Crippen LogP contribution >= 0.6 is 0 Å². The van der Waals surface area contributed by atoms with E-state index in [0.29, 0.717) is 24.6 Å². The van der Waals surface area contributed by atoms with Crippen molar-refractivity contribution in [3.05, 3.63) is 35.4 Å². The van der Waals surface area contributed by atoms with Gasteiger partial charge in [0, 0.05) is 18.7 Å². The molecule has 0 radical (unpaired) electrons. The lowest BCUT2D eigenvalue weighted by Crippen LogP contribution is -2.55. The van der Waals surface area contributed by atoms with E-state index in [0.717, 1.165) is 0 Å². The van der Waals surface area contributed by atoms with Gasteiger partial charge in [-0.05, 0) is 30.5 Å². The Kier molecular flexibility index (Phi) is 3.88. The van der Waals surface area contributed by atoms with Crippen molar-refractivity contribution in [2.45, 2.75) is 32.7 Å². The zero-order valence-corrected chi connectivity index (χ0v) is 11.6. The maximum absolute atomic E-state index is 12.4. The zero-order chi connectivity index (χ0) is 14.0. The molecule has 4 heteroatoms. The molecule has 0 spiro atoms. The SMILES string of the molecule is CC(C)c1ccc(C(=O)N2CCNC(=O)C2C)cc1. The molecular formula is C15H20N2O2. The van der Waals surface area contributed by atoms with Crippen LogP contribution in [0.15, 0.2) is 24.3 Å². The van der Waals surface area contributed by atoms with E-state index >= 15 is 0 Å². The quantitative estimate of drug-likeness (QED) is 0.881. The van der Waals surface area contributed by atoms with Gasteiger partial charge in [-0.25, -0.2) is 0 Å². The number of rotatable bonds is 2. The lowest BCUT2D eigenvalue weighted by atomic mass is 10.0. The molecule has 1 unspecified atom stereocenters. The first kappa shape index (κ1) is 13.6. The van der Waals surface area contributed by atoms with Gasteiger partial charge in [-0.2, -0.15) is 0 Å². The number of carbonyl (C=O) groups is 2. The van der Waals surface area contributed by atoms with Gasteiger partial charge in [0.05, 0.1) is 0 Å². The second-order valence-electron chi connectivity index (χ2n) is 5.24.